The summed E-state index contributed by atoms with van der Waals surface area (Å²) in [6, 6.07) is 23.0. The standard InChI is InChI=1S/C8H9.2C6H6O.Al/c1-7-5-3-4-6-8(7)2;2*7-6-4-2-1-3-5-6;/h3-5H,1-2H3;2*1-5,7H;/q;;;+2/p-2. The summed E-state index contributed by atoms with van der Waals surface area (Å²) in [6.45, 7) is 4.26. The number of rotatable bonds is 0. The average molecular weight is 318 g/mol. The summed E-state index contributed by atoms with van der Waals surface area (Å²) in [7, 11) is 0. The average Bonchev–Trinajstić information content (AvgIpc) is 2.55. The Morgan fingerprint density at radius 2 is 1.04 bits per heavy atom. The smallest absolute Gasteiger partial charge is 0.0623 e. The third-order valence-corrected chi connectivity index (χ3v) is 3.76. The Morgan fingerprint density at radius 3 is 1.30 bits per heavy atom. The van der Waals surface area contributed by atoms with Gasteiger partial charge < -0.3 is 10.2 Å². The summed E-state index contributed by atoms with van der Waals surface area (Å²) in [5.41, 5.74) is 2.74. The van der Waals surface area contributed by atoms with Gasteiger partial charge in [-0.2, -0.15) is 0 Å². The van der Waals surface area contributed by atoms with Crippen LogP contribution in [0.15, 0.2) is 78.9 Å². The van der Waals surface area contributed by atoms with Crippen LogP contribution in [-0.4, -0.2) is 16.3 Å². The van der Waals surface area contributed by atoms with Gasteiger partial charge in [0.1, 0.15) is 0 Å². The molecule has 2 nitrogen and oxygen atoms in total. The van der Waals surface area contributed by atoms with E-state index in [0.29, 0.717) is 0 Å². The molecule has 0 fully saturated rings. The quantitative estimate of drug-likeness (QED) is 0.598. The predicted molar refractivity (Wildman–Crippen MR) is 93.1 cm³/mol. The molecule has 0 bridgehead atoms. The topological polar surface area (TPSA) is 46.1 Å². The van der Waals surface area contributed by atoms with E-state index in [9.17, 15) is 10.2 Å². The van der Waals surface area contributed by atoms with Gasteiger partial charge >= 0.3 is 63.9 Å². The molecule has 3 heteroatoms. The van der Waals surface area contributed by atoms with Gasteiger partial charge in [-0.3, -0.25) is 0 Å². The molecule has 114 valence electrons. The Morgan fingerprint density at radius 1 is 0.609 bits per heavy atom. The van der Waals surface area contributed by atoms with E-state index in [1.807, 2.05) is 12.1 Å². The zero-order chi connectivity index (χ0) is 17.1. The van der Waals surface area contributed by atoms with Crippen LogP contribution in [0.3, 0.4) is 0 Å². The van der Waals surface area contributed by atoms with Gasteiger partial charge in [-0.15, -0.1) is 11.5 Å². The maximum atomic E-state index is 10.3. The van der Waals surface area contributed by atoms with Crippen molar-refractivity contribution < 1.29 is 10.2 Å². The van der Waals surface area contributed by atoms with Crippen molar-refractivity contribution in [2.24, 2.45) is 0 Å². The summed E-state index contributed by atoms with van der Waals surface area (Å²) in [6.07, 6.45) is 0. The SMILES string of the molecule is Cc1ccc[c]([Al+2])c1C.[O-]c1ccccc1.[O-]c1ccccc1. The number of hydrogen-bond donors (Lipinski definition) is 0. The normalized spacial score (nSPS) is 9.04. The van der Waals surface area contributed by atoms with E-state index in [1.165, 1.54) is 39.8 Å². The van der Waals surface area contributed by atoms with E-state index in [0.717, 1.165) is 0 Å². The number of para-hydroxylation sites is 2. The fraction of sp³-hybridized carbons (Fsp3) is 0.100. The Labute approximate surface area is 146 Å². The molecule has 0 heterocycles. The monoisotopic (exact) mass is 318 g/mol. The first-order valence-electron chi connectivity index (χ1n) is 7.26. The Balaban J connectivity index is 0.000000175. The van der Waals surface area contributed by atoms with Crippen molar-refractivity contribution in [2.75, 3.05) is 0 Å². The van der Waals surface area contributed by atoms with Gasteiger partial charge in [-0.05, 0) is 0 Å². The second kappa shape index (κ2) is 10.5. The minimum absolute atomic E-state index is 0.0718. The molecule has 0 aliphatic rings. The summed E-state index contributed by atoms with van der Waals surface area (Å²) in [5, 5.41) is 20.5. The molecule has 0 saturated carbocycles. The largest absolute Gasteiger partial charge is 0.872 e. The molecule has 0 atom stereocenters. The molecule has 0 spiro atoms. The van der Waals surface area contributed by atoms with Crippen molar-refractivity contribution in [1.29, 1.82) is 0 Å². The Kier molecular flexibility index (Phi) is 8.61. The summed E-state index contributed by atoms with van der Waals surface area (Å²) in [5.74, 6) is 0.144. The number of benzene rings is 3. The maximum Gasteiger partial charge on any atom is -0.0623 e. The van der Waals surface area contributed by atoms with Gasteiger partial charge in [0, 0.05) is 0 Å². The molecule has 0 aromatic heterocycles. The van der Waals surface area contributed by atoms with Gasteiger partial charge in [0.15, 0.2) is 0 Å². The minimum atomic E-state index is 0.0718. The van der Waals surface area contributed by atoms with Crippen LogP contribution in [0.5, 0.6) is 11.5 Å². The molecule has 3 rings (SSSR count). The van der Waals surface area contributed by atoms with Crippen LogP contribution < -0.4 is 14.6 Å². The molecule has 0 amide bonds. The molecule has 0 N–H and O–H groups in total. The van der Waals surface area contributed by atoms with E-state index < -0.39 is 0 Å². The zero-order valence-electron chi connectivity index (χ0n) is 13.4. The molecule has 0 saturated heterocycles. The van der Waals surface area contributed by atoms with Crippen LogP contribution in [0.1, 0.15) is 11.1 Å². The molecular formula is C20H19AlO2. The zero-order valence-corrected chi connectivity index (χ0v) is 14.6. The van der Waals surface area contributed by atoms with E-state index in [4.69, 9.17) is 0 Å². The third kappa shape index (κ3) is 8.11. The predicted octanol–water partition coefficient (Wildman–Crippen LogP) is 2.62. The van der Waals surface area contributed by atoms with Gasteiger partial charge in [-0.25, -0.2) is 0 Å². The maximum absolute atomic E-state index is 10.3. The van der Waals surface area contributed by atoms with Crippen LogP contribution in [0.25, 0.3) is 0 Å². The van der Waals surface area contributed by atoms with Crippen LogP contribution >= 0.6 is 0 Å². The van der Waals surface area contributed by atoms with E-state index in [1.54, 1.807) is 24.3 Å². The van der Waals surface area contributed by atoms with Crippen molar-refractivity contribution in [1.82, 2.24) is 0 Å². The fourth-order valence-electron chi connectivity index (χ4n) is 1.61. The summed E-state index contributed by atoms with van der Waals surface area (Å²) < 4.78 is 1.30. The Hall–Kier alpha value is -2.21. The molecular weight excluding hydrogens is 299 g/mol. The van der Waals surface area contributed by atoms with Crippen molar-refractivity contribution >= 4 is 20.7 Å². The Bertz CT molecular complexity index is 625. The summed E-state index contributed by atoms with van der Waals surface area (Å²) in [4.78, 5) is 0. The fourth-order valence-corrected chi connectivity index (χ4v) is 1.95. The van der Waals surface area contributed by atoms with Gasteiger partial charge in [0.05, 0.1) is 0 Å². The van der Waals surface area contributed by atoms with Gasteiger partial charge in [-0.1, -0.05) is 60.7 Å². The molecule has 23 heavy (non-hydrogen) atoms. The van der Waals surface area contributed by atoms with E-state index in [2.05, 4.69) is 48.3 Å². The first-order chi connectivity index (χ1) is 11.0. The second-order valence-corrected chi connectivity index (χ2v) is 5.54. The van der Waals surface area contributed by atoms with E-state index >= 15 is 0 Å². The van der Waals surface area contributed by atoms with Crippen molar-refractivity contribution in [2.45, 2.75) is 13.8 Å². The minimum Gasteiger partial charge on any atom is -0.872 e. The van der Waals surface area contributed by atoms with Gasteiger partial charge in [0.2, 0.25) is 0 Å². The van der Waals surface area contributed by atoms with E-state index in [-0.39, 0.29) is 11.5 Å². The van der Waals surface area contributed by atoms with Gasteiger partial charge in [0.25, 0.3) is 0 Å². The van der Waals surface area contributed by atoms with Crippen LogP contribution in [0.4, 0.5) is 0 Å². The first kappa shape index (κ1) is 18.8. The third-order valence-electron chi connectivity index (χ3n) is 3.13. The molecule has 0 aliphatic carbocycles. The second-order valence-electron chi connectivity index (χ2n) is 4.92. The number of aryl methyl sites for hydroxylation is 1. The summed E-state index contributed by atoms with van der Waals surface area (Å²) >= 11 is 2.72. The molecule has 3 aromatic rings. The van der Waals surface area contributed by atoms with Crippen LogP contribution in [0, 0.1) is 13.8 Å². The van der Waals surface area contributed by atoms with Crippen molar-refractivity contribution in [3.63, 3.8) is 0 Å². The van der Waals surface area contributed by atoms with Crippen molar-refractivity contribution in [3.05, 3.63) is 90.0 Å². The molecule has 0 aliphatic heterocycles. The van der Waals surface area contributed by atoms with Crippen LogP contribution in [-0.2, 0) is 0 Å². The molecule has 0 unspecified atom stereocenters. The van der Waals surface area contributed by atoms with Crippen LogP contribution in [0.2, 0.25) is 0 Å². The molecule has 0 radical (unpaired) electrons. The number of hydrogen-bond acceptors (Lipinski definition) is 2. The first-order valence-corrected chi connectivity index (χ1v) is 7.84. The molecule has 3 aromatic carbocycles. The van der Waals surface area contributed by atoms with Crippen molar-refractivity contribution in [3.8, 4) is 11.5 Å².